The molecular weight excluding hydrogens is 308 g/mol. The quantitative estimate of drug-likeness (QED) is 0.877. The molecule has 4 nitrogen and oxygen atoms in total. The van der Waals surface area contributed by atoms with Crippen LogP contribution < -0.4 is 10.1 Å². The Balaban J connectivity index is 0.00000161. The highest BCUT2D eigenvalue weighted by Crippen LogP contribution is 2.27. The highest BCUT2D eigenvalue weighted by Gasteiger charge is 2.21. The Morgan fingerprint density at radius 2 is 2.33 bits per heavy atom. The number of ether oxygens (including phenoxy) is 1. The fourth-order valence-corrected chi connectivity index (χ4v) is 3.27. The van der Waals surface area contributed by atoms with E-state index in [1.165, 1.54) is 6.42 Å². The molecule has 0 aliphatic carbocycles. The number of benzene rings is 1. The molecule has 3 rings (SSSR count). The number of nitrogens with one attached hydrogen (secondary N) is 1. The minimum atomic E-state index is -0.0515. The maximum atomic E-state index is 12.4. The van der Waals surface area contributed by atoms with Crippen LogP contribution in [-0.2, 0) is 0 Å². The predicted octanol–water partition coefficient (Wildman–Crippen LogP) is 3.23. The summed E-state index contributed by atoms with van der Waals surface area (Å²) in [6, 6.07) is 7.49. The van der Waals surface area contributed by atoms with Gasteiger partial charge >= 0.3 is 0 Å². The number of carbonyl (C=O) groups is 1. The van der Waals surface area contributed by atoms with Gasteiger partial charge in [-0.2, -0.15) is 0 Å². The fraction of sp³-hybridized carbons (Fsp3) is 0.333. The second-order valence-corrected chi connectivity index (χ2v) is 5.67. The lowest BCUT2D eigenvalue weighted by atomic mass is 10.1. The number of aromatic nitrogens is 1. The molecule has 2 aromatic rings. The number of ketones is 1. The molecule has 1 fully saturated rings. The first kappa shape index (κ1) is 15.9. The molecule has 21 heavy (non-hydrogen) atoms. The molecule has 1 N–H and O–H groups in total. The van der Waals surface area contributed by atoms with Gasteiger partial charge in [0.05, 0.1) is 13.2 Å². The van der Waals surface area contributed by atoms with Crippen LogP contribution in [-0.4, -0.2) is 24.4 Å². The number of nitrogens with zero attached hydrogens (tertiary/aromatic N) is 1. The van der Waals surface area contributed by atoms with Crippen molar-refractivity contribution < 1.29 is 9.53 Å². The Morgan fingerprint density at radius 1 is 1.48 bits per heavy atom. The SMILES string of the molecule is COc1cccc(C(=O)c2csc([C@@H]3CCCN3)n2)c1.Cl. The summed E-state index contributed by atoms with van der Waals surface area (Å²) in [6.07, 6.45) is 2.27. The molecule has 0 radical (unpaired) electrons. The monoisotopic (exact) mass is 324 g/mol. The molecule has 0 amide bonds. The Labute approximate surface area is 134 Å². The standard InChI is InChI=1S/C15H16N2O2S.ClH/c1-19-11-5-2-4-10(8-11)14(18)13-9-20-15(17-13)12-6-3-7-16-12;/h2,4-5,8-9,12,16H,3,6-7H2,1H3;1H/t12-;/m0./s1. The largest absolute Gasteiger partial charge is 0.497 e. The van der Waals surface area contributed by atoms with Gasteiger partial charge in [0.25, 0.3) is 0 Å². The van der Waals surface area contributed by atoms with Crippen molar-refractivity contribution in [3.05, 3.63) is 45.9 Å². The van der Waals surface area contributed by atoms with Crippen LogP contribution in [0.25, 0.3) is 0 Å². The van der Waals surface area contributed by atoms with Crippen molar-refractivity contribution in [3.63, 3.8) is 0 Å². The molecule has 0 saturated carbocycles. The van der Waals surface area contributed by atoms with Crippen LogP contribution >= 0.6 is 23.7 Å². The number of thiazole rings is 1. The van der Waals surface area contributed by atoms with E-state index in [-0.39, 0.29) is 18.2 Å². The van der Waals surface area contributed by atoms with Crippen molar-refractivity contribution in [2.45, 2.75) is 18.9 Å². The molecule has 1 aliphatic rings. The summed E-state index contributed by atoms with van der Waals surface area (Å²) < 4.78 is 5.15. The Hall–Kier alpha value is -1.43. The summed E-state index contributed by atoms with van der Waals surface area (Å²) >= 11 is 1.55. The van der Waals surface area contributed by atoms with E-state index >= 15 is 0 Å². The zero-order chi connectivity index (χ0) is 13.9. The van der Waals surface area contributed by atoms with Gasteiger partial charge in [-0.05, 0) is 31.5 Å². The van der Waals surface area contributed by atoms with Crippen molar-refractivity contribution in [1.82, 2.24) is 10.3 Å². The van der Waals surface area contributed by atoms with Gasteiger partial charge in [-0.1, -0.05) is 12.1 Å². The topological polar surface area (TPSA) is 51.2 Å². The highest BCUT2D eigenvalue weighted by molar-refractivity contribution is 7.10. The second kappa shape index (κ2) is 7.02. The minimum Gasteiger partial charge on any atom is -0.497 e. The molecule has 1 aliphatic heterocycles. The van der Waals surface area contributed by atoms with E-state index in [9.17, 15) is 4.79 Å². The lowest BCUT2D eigenvalue weighted by Gasteiger charge is -2.04. The molecule has 1 saturated heterocycles. The van der Waals surface area contributed by atoms with E-state index in [4.69, 9.17) is 4.74 Å². The van der Waals surface area contributed by atoms with Crippen molar-refractivity contribution in [2.75, 3.05) is 13.7 Å². The van der Waals surface area contributed by atoms with E-state index in [2.05, 4.69) is 10.3 Å². The van der Waals surface area contributed by atoms with Crippen LogP contribution in [0.15, 0.2) is 29.6 Å². The maximum absolute atomic E-state index is 12.4. The normalized spacial score (nSPS) is 17.3. The van der Waals surface area contributed by atoms with Crippen LogP contribution in [0.3, 0.4) is 0 Å². The fourth-order valence-electron chi connectivity index (χ4n) is 2.36. The average molecular weight is 325 g/mol. The zero-order valence-electron chi connectivity index (χ0n) is 11.7. The van der Waals surface area contributed by atoms with Crippen LogP contribution in [0, 0.1) is 0 Å². The molecule has 0 unspecified atom stereocenters. The lowest BCUT2D eigenvalue weighted by molar-refractivity contribution is 0.103. The first-order chi connectivity index (χ1) is 9.78. The molecule has 1 aromatic heterocycles. The van der Waals surface area contributed by atoms with E-state index in [0.29, 0.717) is 23.0 Å². The molecule has 0 bridgehead atoms. The van der Waals surface area contributed by atoms with Crippen LogP contribution in [0.4, 0.5) is 0 Å². The third-order valence-electron chi connectivity index (χ3n) is 3.44. The molecule has 1 aromatic carbocycles. The van der Waals surface area contributed by atoms with Gasteiger partial charge in [-0.15, -0.1) is 23.7 Å². The number of methoxy groups -OCH3 is 1. The maximum Gasteiger partial charge on any atom is 0.212 e. The number of rotatable bonds is 4. The molecule has 1 atom stereocenters. The number of halogens is 1. The molecule has 2 heterocycles. The second-order valence-electron chi connectivity index (χ2n) is 4.78. The first-order valence-electron chi connectivity index (χ1n) is 6.65. The summed E-state index contributed by atoms with van der Waals surface area (Å²) in [5.41, 5.74) is 1.13. The van der Waals surface area contributed by atoms with Gasteiger partial charge < -0.3 is 10.1 Å². The van der Waals surface area contributed by atoms with E-state index in [0.717, 1.165) is 18.0 Å². The van der Waals surface area contributed by atoms with Gasteiger partial charge in [0, 0.05) is 10.9 Å². The van der Waals surface area contributed by atoms with Gasteiger partial charge in [-0.25, -0.2) is 4.98 Å². The zero-order valence-corrected chi connectivity index (χ0v) is 13.3. The van der Waals surface area contributed by atoms with Gasteiger partial charge in [0.2, 0.25) is 5.78 Å². The number of carbonyl (C=O) groups excluding carboxylic acids is 1. The predicted molar refractivity (Wildman–Crippen MR) is 85.8 cm³/mol. The molecule has 0 spiro atoms. The van der Waals surface area contributed by atoms with Crippen LogP contribution in [0.5, 0.6) is 5.75 Å². The third-order valence-corrected chi connectivity index (χ3v) is 4.40. The van der Waals surface area contributed by atoms with Crippen LogP contribution in [0.1, 0.15) is 39.9 Å². The van der Waals surface area contributed by atoms with Gasteiger partial charge in [-0.3, -0.25) is 4.79 Å². The number of hydrogen-bond donors (Lipinski definition) is 1. The Bertz CT molecular complexity index is 624. The van der Waals surface area contributed by atoms with Crippen molar-refractivity contribution in [1.29, 1.82) is 0 Å². The summed E-state index contributed by atoms with van der Waals surface area (Å²) in [4.78, 5) is 16.9. The Morgan fingerprint density at radius 3 is 3.05 bits per heavy atom. The van der Waals surface area contributed by atoms with Gasteiger partial charge in [0.15, 0.2) is 0 Å². The van der Waals surface area contributed by atoms with Crippen molar-refractivity contribution >= 4 is 29.5 Å². The molecular formula is C15H17ClN2O2S. The summed E-state index contributed by atoms with van der Waals surface area (Å²) in [7, 11) is 1.59. The van der Waals surface area contributed by atoms with E-state index in [1.807, 2.05) is 17.5 Å². The van der Waals surface area contributed by atoms with Crippen LogP contribution in [0.2, 0.25) is 0 Å². The van der Waals surface area contributed by atoms with E-state index < -0.39 is 0 Å². The van der Waals surface area contributed by atoms with Gasteiger partial charge in [0.1, 0.15) is 16.5 Å². The first-order valence-corrected chi connectivity index (χ1v) is 7.53. The molecule has 6 heteroatoms. The number of hydrogen-bond acceptors (Lipinski definition) is 5. The summed E-state index contributed by atoms with van der Waals surface area (Å²) in [5.74, 6) is 0.633. The lowest BCUT2D eigenvalue weighted by Crippen LogP contribution is -2.13. The third kappa shape index (κ3) is 3.43. The Kier molecular flexibility index (Phi) is 5.33. The smallest absolute Gasteiger partial charge is 0.212 e. The summed E-state index contributed by atoms with van der Waals surface area (Å²) in [5, 5.41) is 6.25. The highest BCUT2D eigenvalue weighted by atomic mass is 35.5. The summed E-state index contributed by atoms with van der Waals surface area (Å²) in [6.45, 7) is 1.03. The van der Waals surface area contributed by atoms with Crippen molar-refractivity contribution in [3.8, 4) is 5.75 Å². The molecule has 112 valence electrons. The average Bonchev–Trinajstić information content (AvgIpc) is 3.17. The van der Waals surface area contributed by atoms with E-state index in [1.54, 1.807) is 30.6 Å². The minimum absolute atomic E-state index is 0. The van der Waals surface area contributed by atoms with Crippen molar-refractivity contribution in [2.24, 2.45) is 0 Å².